The molecule has 6 nitrogen and oxygen atoms in total. The highest BCUT2D eigenvalue weighted by Gasteiger charge is 2.17. The minimum atomic E-state index is -1.02. The van der Waals surface area contributed by atoms with Gasteiger partial charge in [0.15, 0.2) is 11.4 Å². The Bertz CT molecular complexity index is 666. The number of rotatable bonds is 4. The van der Waals surface area contributed by atoms with Gasteiger partial charge in [0.1, 0.15) is 0 Å². The lowest BCUT2D eigenvalue weighted by Gasteiger charge is -2.04. The molecule has 1 unspecified atom stereocenters. The molecule has 94 valence electrons. The van der Waals surface area contributed by atoms with Crippen molar-refractivity contribution in [2.75, 3.05) is 0 Å². The van der Waals surface area contributed by atoms with E-state index in [0.29, 0.717) is 11.1 Å². The number of hydrogen-bond donors (Lipinski definition) is 2. The molecule has 0 aliphatic rings. The molecule has 1 aromatic carbocycles. The largest absolute Gasteiger partial charge is 0.481 e. The zero-order valence-electron chi connectivity index (χ0n) is 9.60. The van der Waals surface area contributed by atoms with E-state index >= 15 is 0 Å². The predicted octanol–water partition coefficient (Wildman–Crippen LogP) is 1.41. The van der Waals surface area contributed by atoms with Crippen LogP contribution < -0.4 is 5.76 Å². The highest BCUT2D eigenvalue weighted by molar-refractivity contribution is 6.00. The van der Waals surface area contributed by atoms with E-state index in [9.17, 15) is 14.4 Å². The third kappa shape index (κ3) is 2.32. The summed E-state index contributed by atoms with van der Waals surface area (Å²) in [6.45, 7) is 1.47. The Labute approximate surface area is 101 Å². The maximum absolute atomic E-state index is 11.8. The zero-order valence-corrected chi connectivity index (χ0v) is 9.60. The highest BCUT2D eigenvalue weighted by atomic mass is 16.4. The molecule has 1 atom stereocenters. The van der Waals surface area contributed by atoms with Gasteiger partial charge in [-0.1, -0.05) is 6.92 Å². The summed E-state index contributed by atoms with van der Waals surface area (Å²) in [5, 5.41) is 8.74. The monoisotopic (exact) mass is 249 g/mol. The van der Waals surface area contributed by atoms with Crippen molar-refractivity contribution in [3.8, 4) is 0 Å². The molecular weight excluding hydrogens is 238 g/mol. The first-order chi connectivity index (χ1) is 8.47. The molecule has 2 N–H and O–H groups in total. The van der Waals surface area contributed by atoms with E-state index in [2.05, 4.69) is 4.98 Å². The van der Waals surface area contributed by atoms with Crippen LogP contribution in [0.4, 0.5) is 0 Å². The van der Waals surface area contributed by atoms with Gasteiger partial charge in [0.05, 0.1) is 11.4 Å². The molecule has 2 aromatic rings. The third-order valence-electron chi connectivity index (χ3n) is 2.66. The SMILES string of the molecule is CC(CC(=O)c1ccc2[nH]c(=O)oc2c1)C(=O)O. The van der Waals surface area contributed by atoms with Gasteiger partial charge in [-0.3, -0.25) is 14.6 Å². The van der Waals surface area contributed by atoms with Crippen LogP contribution in [0.5, 0.6) is 0 Å². The Balaban J connectivity index is 2.27. The molecule has 0 amide bonds. The lowest BCUT2D eigenvalue weighted by atomic mass is 10.00. The van der Waals surface area contributed by atoms with E-state index in [1.54, 1.807) is 6.07 Å². The Morgan fingerprint density at radius 3 is 2.83 bits per heavy atom. The summed E-state index contributed by atoms with van der Waals surface area (Å²) >= 11 is 0. The highest BCUT2D eigenvalue weighted by Crippen LogP contribution is 2.16. The van der Waals surface area contributed by atoms with Crippen molar-refractivity contribution in [3.63, 3.8) is 0 Å². The predicted molar refractivity (Wildman–Crippen MR) is 62.6 cm³/mol. The van der Waals surface area contributed by atoms with E-state index in [-0.39, 0.29) is 17.8 Å². The molecule has 0 spiro atoms. The molecular formula is C12H11NO5. The molecule has 0 bridgehead atoms. The van der Waals surface area contributed by atoms with E-state index in [1.165, 1.54) is 19.1 Å². The van der Waals surface area contributed by atoms with Gasteiger partial charge in [-0.15, -0.1) is 0 Å². The fourth-order valence-corrected chi connectivity index (χ4v) is 1.60. The van der Waals surface area contributed by atoms with E-state index in [0.717, 1.165) is 0 Å². The number of H-pyrrole nitrogens is 1. The molecule has 0 saturated carbocycles. The fourth-order valence-electron chi connectivity index (χ4n) is 1.60. The van der Waals surface area contributed by atoms with Crippen LogP contribution in [0, 0.1) is 5.92 Å². The average molecular weight is 249 g/mol. The number of oxazole rings is 1. The molecule has 6 heteroatoms. The topological polar surface area (TPSA) is 100 Å². The Morgan fingerprint density at radius 2 is 2.17 bits per heavy atom. The molecule has 1 heterocycles. The number of aromatic amines is 1. The van der Waals surface area contributed by atoms with Crippen LogP contribution in [0.15, 0.2) is 27.4 Å². The molecule has 1 aromatic heterocycles. The van der Waals surface area contributed by atoms with E-state index in [1.807, 2.05) is 0 Å². The van der Waals surface area contributed by atoms with Crippen molar-refractivity contribution in [2.24, 2.45) is 5.92 Å². The standard InChI is InChI=1S/C12H11NO5/c1-6(11(15)16)4-9(14)7-2-3-8-10(5-7)18-12(17)13-8/h2-3,5-6H,4H2,1H3,(H,13,17)(H,15,16). The number of aromatic nitrogens is 1. The maximum atomic E-state index is 11.8. The molecule has 0 aliphatic carbocycles. The van der Waals surface area contributed by atoms with Crippen molar-refractivity contribution in [1.29, 1.82) is 0 Å². The summed E-state index contributed by atoms with van der Waals surface area (Å²) in [5.41, 5.74) is 1.12. The van der Waals surface area contributed by atoms with Gasteiger partial charge in [-0.2, -0.15) is 0 Å². The maximum Gasteiger partial charge on any atom is 0.417 e. The smallest absolute Gasteiger partial charge is 0.417 e. The fraction of sp³-hybridized carbons (Fsp3) is 0.250. The summed E-state index contributed by atoms with van der Waals surface area (Å²) < 4.78 is 4.83. The van der Waals surface area contributed by atoms with E-state index < -0.39 is 17.6 Å². The summed E-state index contributed by atoms with van der Waals surface area (Å²) in [6, 6.07) is 4.52. The first-order valence-electron chi connectivity index (χ1n) is 5.36. The Kier molecular flexibility index (Phi) is 3.01. The second kappa shape index (κ2) is 4.48. The number of carboxylic acids is 1. The quantitative estimate of drug-likeness (QED) is 0.798. The normalized spacial score (nSPS) is 12.5. The van der Waals surface area contributed by atoms with Crippen LogP contribution in [0.2, 0.25) is 0 Å². The third-order valence-corrected chi connectivity index (χ3v) is 2.66. The lowest BCUT2D eigenvalue weighted by Crippen LogP contribution is -2.14. The Morgan fingerprint density at radius 1 is 1.44 bits per heavy atom. The number of Topliss-reactive ketones (excluding diaryl/α,β-unsaturated/α-hetero) is 1. The van der Waals surface area contributed by atoms with Gasteiger partial charge in [-0.05, 0) is 18.2 Å². The number of benzene rings is 1. The molecule has 18 heavy (non-hydrogen) atoms. The molecule has 0 aliphatic heterocycles. The minimum absolute atomic E-state index is 0.0878. The minimum Gasteiger partial charge on any atom is -0.481 e. The van der Waals surface area contributed by atoms with Gasteiger partial charge >= 0.3 is 11.7 Å². The number of nitrogens with one attached hydrogen (secondary N) is 1. The molecule has 2 rings (SSSR count). The van der Waals surface area contributed by atoms with Crippen LogP contribution in [0.3, 0.4) is 0 Å². The molecule has 0 radical (unpaired) electrons. The van der Waals surface area contributed by atoms with Crippen LogP contribution in [-0.2, 0) is 4.79 Å². The summed E-state index contributed by atoms with van der Waals surface area (Å²) in [5.74, 6) is -2.65. The number of carboxylic acid groups (broad SMARTS) is 1. The van der Waals surface area contributed by atoms with Crippen molar-refractivity contribution in [1.82, 2.24) is 4.98 Å². The van der Waals surface area contributed by atoms with Crippen molar-refractivity contribution in [2.45, 2.75) is 13.3 Å². The second-order valence-electron chi connectivity index (χ2n) is 4.09. The molecule has 0 fully saturated rings. The van der Waals surface area contributed by atoms with Crippen LogP contribution in [-0.4, -0.2) is 21.8 Å². The summed E-state index contributed by atoms with van der Waals surface area (Å²) in [4.78, 5) is 35.9. The van der Waals surface area contributed by atoms with Crippen molar-refractivity contribution < 1.29 is 19.1 Å². The average Bonchev–Trinajstić information content (AvgIpc) is 2.67. The summed E-state index contributed by atoms with van der Waals surface area (Å²) in [6.07, 6.45) is -0.0878. The van der Waals surface area contributed by atoms with Gasteiger partial charge < -0.3 is 9.52 Å². The summed E-state index contributed by atoms with van der Waals surface area (Å²) in [7, 11) is 0. The van der Waals surface area contributed by atoms with Crippen LogP contribution in [0.1, 0.15) is 23.7 Å². The zero-order chi connectivity index (χ0) is 13.3. The number of fused-ring (bicyclic) bond motifs is 1. The number of ketones is 1. The number of carbonyl (C=O) groups is 2. The van der Waals surface area contributed by atoms with Crippen LogP contribution >= 0.6 is 0 Å². The van der Waals surface area contributed by atoms with Gasteiger partial charge in [0.25, 0.3) is 0 Å². The Hall–Kier alpha value is -2.37. The number of hydrogen-bond acceptors (Lipinski definition) is 4. The first kappa shape index (κ1) is 12.1. The van der Waals surface area contributed by atoms with Crippen molar-refractivity contribution >= 4 is 22.9 Å². The number of aliphatic carboxylic acids is 1. The second-order valence-corrected chi connectivity index (χ2v) is 4.09. The van der Waals surface area contributed by atoms with E-state index in [4.69, 9.17) is 9.52 Å². The lowest BCUT2D eigenvalue weighted by molar-refractivity contribution is -0.141. The first-order valence-corrected chi connectivity index (χ1v) is 5.36. The van der Waals surface area contributed by atoms with Crippen molar-refractivity contribution in [3.05, 3.63) is 34.3 Å². The van der Waals surface area contributed by atoms with Crippen LogP contribution in [0.25, 0.3) is 11.1 Å². The number of carbonyl (C=O) groups excluding carboxylic acids is 1. The molecule has 0 saturated heterocycles. The van der Waals surface area contributed by atoms with Gasteiger partial charge in [-0.25, -0.2) is 4.79 Å². The van der Waals surface area contributed by atoms with Gasteiger partial charge in [0.2, 0.25) is 0 Å². The van der Waals surface area contributed by atoms with Gasteiger partial charge in [0, 0.05) is 12.0 Å².